The van der Waals surface area contributed by atoms with Crippen LogP contribution in [0.3, 0.4) is 0 Å². The summed E-state index contributed by atoms with van der Waals surface area (Å²) in [4.78, 5) is 26.8. The quantitative estimate of drug-likeness (QED) is 0.805. The highest BCUT2D eigenvalue weighted by molar-refractivity contribution is 5.79. The fraction of sp³-hybridized carbons (Fsp3) is 0.182. The van der Waals surface area contributed by atoms with Crippen LogP contribution in [0, 0.1) is 0 Å². The number of nitrogens with zero attached hydrogens (tertiary/aromatic N) is 2. The van der Waals surface area contributed by atoms with E-state index in [0.717, 1.165) is 0 Å². The van der Waals surface area contributed by atoms with Gasteiger partial charge in [-0.15, -0.1) is 0 Å². The first kappa shape index (κ1) is 10.4. The summed E-state index contributed by atoms with van der Waals surface area (Å²) in [6, 6.07) is 4.37. The van der Waals surface area contributed by atoms with Crippen LogP contribution in [0.1, 0.15) is 6.92 Å². The molecule has 1 aromatic heterocycles. The van der Waals surface area contributed by atoms with E-state index in [1.54, 1.807) is 6.07 Å². The molecule has 0 spiro atoms. The second-order valence-electron chi connectivity index (χ2n) is 3.58. The number of benzene rings is 1. The number of ketones is 1. The molecule has 16 heavy (non-hydrogen) atoms. The van der Waals surface area contributed by atoms with Crippen molar-refractivity contribution in [2.45, 2.75) is 13.5 Å². The number of fused-ring (bicyclic) bond motifs is 1. The first-order valence-electron chi connectivity index (χ1n) is 4.75. The molecule has 2 aromatic rings. The highest BCUT2D eigenvalue weighted by Gasteiger charge is 2.05. The van der Waals surface area contributed by atoms with Gasteiger partial charge in [-0.1, -0.05) is 0 Å². The Bertz CT molecular complexity index is 616. The number of rotatable bonds is 2. The van der Waals surface area contributed by atoms with Gasteiger partial charge >= 0.3 is 0 Å². The number of phenolic OH excluding ortho intramolecular Hbond substituents is 1. The van der Waals surface area contributed by atoms with Crippen molar-refractivity contribution in [1.82, 2.24) is 9.55 Å². The number of Topliss-reactive ketones (excluding diaryl/α,β-unsaturated/α-hetero) is 1. The molecule has 1 N–H and O–H groups in total. The summed E-state index contributed by atoms with van der Waals surface area (Å²) in [6.45, 7) is 1.40. The van der Waals surface area contributed by atoms with Crippen LogP contribution >= 0.6 is 0 Å². The normalized spacial score (nSPS) is 10.6. The van der Waals surface area contributed by atoms with Gasteiger partial charge in [0.05, 0.1) is 23.8 Å². The van der Waals surface area contributed by atoms with Crippen LogP contribution in [-0.4, -0.2) is 20.4 Å². The summed E-state index contributed by atoms with van der Waals surface area (Å²) in [7, 11) is 0. The minimum Gasteiger partial charge on any atom is -0.508 e. The summed E-state index contributed by atoms with van der Waals surface area (Å²) >= 11 is 0. The Kier molecular flexibility index (Phi) is 2.44. The van der Waals surface area contributed by atoms with Gasteiger partial charge < -0.3 is 5.11 Å². The van der Waals surface area contributed by atoms with Crippen molar-refractivity contribution in [2.75, 3.05) is 0 Å². The van der Waals surface area contributed by atoms with Gasteiger partial charge in [0.1, 0.15) is 11.5 Å². The van der Waals surface area contributed by atoms with Crippen LogP contribution in [-0.2, 0) is 11.3 Å². The standard InChI is InChI=1S/C11H10N2O3/c1-7(14)5-13-6-12-10-3-2-8(15)4-9(10)11(13)16/h2-4,6,15H,5H2,1H3. The van der Waals surface area contributed by atoms with Gasteiger partial charge in [0.15, 0.2) is 0 Å². The van der Waals surface area contributed by atoms with E-state index >= 15 is 0 Å². The molecule has 0 aliphatic rings. The molecule has 82 valence electrons. The zero-order valence-corrected chi connectivity index (χ0v) is 8.67. The predicted molar refractivity (Wildman–Crippen MR) is 58.3 cm³/mol. The average molecular weight is 218 g/mol. The fourth-order valence-electron chi connectivity index (χ4n) is 1.50. The van der Waals surface area contributed by atoms with Crippen molar-refractivity contribution in [3.05, 3.63) is 34.9 Å². The van der Waals surface area contributed by atoms with E-state index in [0.29, 0.717) is 10.9 Å². The lowest BCUT2D eigenvalue weighted by Crippen LogP contribution is -2.23. The van der Waals surface area contributed by atoms with Crippen molar-refractivity contribution in [3.8, 4) is 5.75 Å². The van der Waals surface area contributed by atoms with Gasteiger partial charge in [-0.25, -0.2) is 4.98 Å². The maximum atomic E-state index is 11.9. The second-order valence-corrected chi connectivity index (χ2v) is 3.58. The fourth-order valence-corrected chi connectivity index (χ4v) is 1.50. The Morgan fingerprint density at radius 3 is 2.94 bits per heavy atom. The third-order valence-corrected chi connectivity index (χ3v) is 2.20. The van der Waals surface area contributed by atoms with Gasteiger partial charge in [-0.05, 0) is 25.1 Å². The number of phenols is 1. The Morgan fingerprint density at radius 1 is 1.50 bits per heavy atom. The monoisotopic (exact) mass is 218 g/mol. The molecule has 2 rings (SSSR count). The maximum Gasteiger partial charge on any atom is 0.261 e. The lowest BCUT2D eigenvalue weighted by atomic mass is 10.2. The Morgan fingerprint density at radius 2 is 2.25 bits per heavy atom. The van der Waals surface area contributed by atoms with Crippen molar-refractivity contribution < 1.29 is 9.90 Å². The number of hydrogen-bond acceptors (Lipinski definition) is 4. The first-order chi connectivity index (χ1) is 7.58. The van der Waals surface area contributed by atoms with E-state index in [9.17, 15) is 14.7 Å². The Labute approximate surface area is 91.0 Å². The van der Waals surface area contributed by atoms with Crippen LogP contribution in [0.25, 0.3) is 10.9 Å². The minimum absolute atomic E-state index is 0.00255. The summed E-state index contributed by atoms with van der Waals surface area (Å²) < 4.78 is 1.23. The highest BCUT2D eigenvalue weighted by atomic mass is 16.3. The summed E-state index contributed by atoms with van der Waals surface area (Å²) in [5.74, 6) is -0.115. The Balaban J connectivity index is 2.68. The van der Waals surface area contributed by atoms with Crippen molar-refractivity contribution in [1.29, 1.82) is 0 Å². The molecule has 1 aromatic carbocycles. The molecular formula is C11H10N2O3. The van der Waals surface area contributed by atoms with Gasteiger partial charge in [0, 0.05) is 0 Å². The van der Waals surface area contributed by atoms with E-state index in [-0.39, 0.29) is 23.6 Å². The van der Waals surface area contributed by atoms with Gasteiger partial charge in [-0.2, -0.15) is 0 Å². The lowest BCUT2D eigenvalue weighted by Gasteiger charge is -2.04. The van der Waals surface area contributed by atoms with Gasteiger partial charge in [-0.3, -0.25) is 14.2 Å². The molecule has 0 saturated heterocycles. The number of hydrogen-bond donors (Lipinski definition) is 1. The van der Waals surface area contributed by atoms with Crippen LogP contribution in [0.15, 0.2) is 29.3 Å². The Hall–Kier alpha value is -2.17. The zero-order valence-electron chi connectivity index (χ0n) is 8.67. The SMILES string of the molecule is CC(=O)Cn1cnc2ccc(O)cc2c1=O. The second kappa shape index (κ2) is 3.77. The topological polar surface area (TPSA) is 72.2 Å². The molecular weight excluding hydrogens is 208 g/mol. The van der Waals surface area contributed by atoms with Crippen LogP contribution < -0.4 is 5.56 Å². The third kappa shape index (κ3) is 1.79. The lowest BCUT2D eigenvalue weighted by molar-refractivity contribution is -0.117. The first-order valence-corrected chi connectivity index (χ1v) is 4.75. The van der Waals surface area contributed by atoms with Crippen LogP contribution in [0.4, 0.5) is 0 Å². The number of aromatic nitrogens is 2. The summed E-state index contributed by atoms with van der Waals surface area (Å²) in [5.41, 5.74) is 0.179. The maximum absolute atomic E-state index is 11.9. The zero-order chi connectivity index (χ0) is 11.7. The van der Waals surface area contributed by atoms with E-state index in [2.05, 4.69) is 4.98 Å². The molecule has 5 heteroatoms. The van der Waals surface area contributed by atoms with Crippen molar-refractivity contribution in [3.63, 3.8) is 0 Å². The van der Waals surface area contributed by atoms with E-state index in [4.69, 9.17) is 0 Å². The van der Waals surface area contributed by atoms with Crippen molar-refractivity contribution >= 4 is 16.7 Å². The minimum atomic E-state index is -0.323. The summed E-state index contributed by atoms with van der Waals surface area (Å²) in [5, 5.41) is 9.59. The molecule has 0 bridgehead atoms. The molecule has 0 fully saturated rings. The number of carbonyl (C=O) groups excluding carboxylic acids is 1. The smallest absolute Gasteiger partial charge is 0.261 e. The van der Waals surface area contributed by atoms with Crippen molar-refractivity contribution in [2.24, 2.45) is 0 Å². The van der Waals surface area contributed by atoms with E-state index in [1.807, 2.05) is 0 Å². The molecule has 0 aliphatic carbocycles. The average Bonchev–Trinajstić information content (AvgIpc) is 2.22. The molecule has 5 nitrogen and oxygen atoms in total. The summed E-state index contributed by atoms with van der Waals surface area (Å²) in [6.07, 6.45) is 1.34. The highest BCUT2D eigenvalue weighted by Crippen LogP contribution is 2.14. The van der Waals surface area contributed by atoms with Gasteiger partial charge in [0.2, 0.25) is 0 Å². The molecule has 0 saturated carbocycles. The van der Waals surface area contributed by atoms with Crippen LogP contribution in [0.2, 0.25) is 0 Å². The molecule has 0 unspecified atom stereocenters. The third-order valence-electron chi connectivity index (χ3n) is 2.20. The molecule has 1 heterocycles. The van der Waals surface area contributed by atoms with E-state index < -0.39 is 0 Å². The number of carbonyl (C=O) groups is 1. The molecule has 0 atom stereocenters. The molecule has 0 radical (unpaired) electrons. The van der Waals surface area contributed by atoms with E-state index in [1.165, 1.54) is 30.0 Å². The number of aromatic hydroxyl groups is 1. The molecule has 0 amide bonds. The van der Waals surface area contributed by atoms with Crippen LogP contribution in [0.5, 0.6) is 5.75 Å². The predicted octanol–water partition coefficient (Wildman–Crippen LogP) is 0.691. The largest absolute Gasteiger partial charge is 0.508 e. The van der Waals surface area contributed by atoms with Gasteiger partial charge in [0.25, 0.3) is 5.56 Å². The molecule has 0 aliphatic heterocycles.